The third kappa shape index (κ3) is 4.56. The van der Waals surface area contributed by atoms with E-state index in [2.05, 4.69) is 31.3 Å². The van der Waals surface area contributed by atoms with Crippen molar-refractivity contribution in [3.63, 3.8) is 0 Å². The summed E-state index contributed by atoms with van der Waals surface area (Å²) in [6.07, 6.45) is 0. The molecule has 0 radical (unpaired) electrons. The van der Waals surface area contributed by atoms with E-state index in [4.69, 9.17) is 27.9 Å². The molecule has 8 heteroatoms. The van der Waals surface area contributed by atoms with Crippen LogP contribution >= 0.6 is 23.2 Å². The predicted molar refractivity (Wildman–Crippen MR) is 184 cm³/mol. The Bertz CT molecular complexity index is 1810. The Hall–Kier alpha value is -4.13. The molecule has 4 aromatic carbocycles. The van der Waals surface area contributed by atoms with Crippen LogP contribution in [-0.2, 0) is 24.1 Å². The molecule has 47 heavy (non-hydrogen) atoms. The fourth-order valence-corrected chi connectivity index (χ4v) is 8.94. The first-order valence-corrected chi connectivity index (χ1v) is 16.8. The van der Waals surface area contributed by atoms with Gasteiger partial charge < -0.3 is 10.1 Å². The zero-order chi connectivity index (χ0) is 33.4. The lowest BCUT2D eigenvalue weighted by molar-refractivity contribution is -0.148. The Labute approximate surface area is 285 Å². The van der Waals surface area contributed by atoms with Crippen LogP contribution in [0, 0.1) is 24.7 Å². The van der Waals surface area contributed by atoms with Crippen LogP contribution in [0.3, 0.4) is 0 Å². The summed E-state index contributed by atoms with van der Waals surface area (Å²) in [7, 11) is 0. The standard InChI is InChI=1S/C39H36Cl2N2O4/c1-21(2)26-19-14-23(5)20-31(26)47-25-17-15-24(16-18-25)42-35(44)34(22(3)4)43-36(45)32-33(37(43)46)39(41)28-11-7-6-10-27(28)38(32,40)29-12-8-9-13-30(29)39/h6-22,32-34H,1-5H3,(H,42,44)/t32-,33+,34-,38?,39?/m0/s1. The number of carbonyl (C=O) groups is 3. The van der Waals surface area contributed by atoms with E-state index in [0.29, 0.717) is 11.4 Å². The highest BCUT2D eigenvalue weighted by Gasteiger charge is 2.73. The number of rotatable bonds is 7. The number of hydrogen-bond acceptors (Lipinski definition) is 4. The number of halogens is 2. The van der Waals surface area contributed by atoms with Crippen LogP contribution in [0.2, 0.25) is 0 Å². The molecular formula is C39H36Cl2N2O4. The predicted octanol–water partition coefficient (Wildman–Crippen LogP) is 8.47. The molecule has 1 aliphatic heterocycles. The molecule has 0 spiro atoms. The molecular weight excluding hydrogens is 631 g/mol. The second-order valence-electron chi connectivity index (χ2n) is 13.5. The number of alkyl halides is 2. The maximum atomic E-state index is 14.5. The molecule has 3 aliphatic carbocycles. The van der Waals surface area contributed by atoms with Crippen LogP contribution in [-0.4, -0.2) is 28.7 Å². The van der Waals surface area contributed by atoms with Crippen LogP contribution < -0.4 is 10.1 Å². The number of nitrogens with one attached hydrogen (secondary N) is 1. The molecule has 1 saturated heterocycles. The van der Waals surface area contributed by atoms with Crippen molar-refractivity contribution in [2.75, 3.05) is 5.32 Å². The van der Waals surface area contributed by atoms with E-state index >= 15 is 0 Å². The Morgan fingerprint density at radius 2 is 1.26 bits per heavy atom. The number of aryl methyl sites for hydroxylation is 1. The minimum atomic E-state index is -1.31. The Balaban J connectivity index is 1.19. The van der Waals surface area contributed by atoms with Gasteiger partial charge in [0.15, 0.2) is 0 Å². The first-order chi connectivity index (χ1) is 22.4. The van der Waals surface area contributed by atoms with Gasteiger partial charge in [-0.3, -0.25) is 19.3 Å². The number of carbonyl (C=O) groups excluding carboxylic acids is 3. The molecule has 240 valence electrons. The van der Waals surface area contributed by atoms with E-state index in [1.165, 1.54) is 0 Å². The first-order valence-electron chi connectivity index (χ1n) is 16.0. The van der Waals surface area contributed by atoms with Gasteiger partial charge in [-0.05, 0) is 82.5 Å². The number of imide groups is 1. The number of hydrogen-bond donors (Lipinski definition) is 1. The van der Waals surface area contributed by atoms with Gasteiger partial charge in [0, 0.05) is 5.69 Å². The smallest absolute Gasteiger partial charge is 0.247 e. The number of likely N-dealkylation sites (tertiary alicyclic amines) is 1. The third-order valence-corrected chi connectivity index (χ3v) is 11.2. The van der Waals surface area contributed by atoms with Gasteiger partial charge in [0.1, 0.15) is 27.3 Å². The van der Waals surface area contributed by atoms with Gasteiger partial charge in [-0.1, -0.05) is 88.4 Å². The summed E-state index contributed by atoms with van der Waals surface area (Å²) in [5, 5.41) is 2.94. The normalized spacial score (nSPS) is 24.7. The van der Waals surface area contributed by atoms with E-state index in [0.717, 1.165) is 44.0 Å². The largest absolute Gasteiger partial charge is 0.457 e. The van der Waals surface area contributed by atoms with Crippen LogP contribution in [0.15, 0.2) is 91.0 Å². The zero-order valence-corrected chi connectivity index (χ0v) is 28.4. The van der Waals surface area contributed by atoms with E-state index in [9.17, 15) is 14.4 Å². The molecule has 2 bridgehead atoms. The molecule has 4 aromatic rings. The number of benzene rings is 4. The van der Waals surface area contributed by atoms with Crippen LogP contribution in [0.4, 0.5) is 5.69 Å². The lowest BCUT2D eigenvalue weighted by atomic mass is 9.54. The monoisotopic (exact) mass is 666 g/mol. The van der Waals surface area contributed by atoms with Gasteiger partial charge >= 0.3 is 0 Å². The highest BCUT2D eigenvalue weighted by Crippen LogP contribution is 2.69. The molecule has 8 rings (SSSR count). The van der Waals surface area contributed by atoms with E-state index in [-0.39, 0.29) is 11.8 Å². The van der Waals surface area contributed by atoms with Crippen LogP contribution in [0.1, 0.15) is 67.0 Å². The number of nitrogens with zero attached hydrogens (tertiary/aromatic N) is 1. The van der Waals surface area contributed by atoms with Crippen molar-refractivity contribution in [1.82, 2.24) is 4.90 Å². The molecule has 1 fully saturated rings. The Morgan fingerprint density at radius 3 is 1.70 bits per heavy atom. The summed E-state index contributed by atoms with van der Waals surface area (Å²) < 4.78 is 6.22. The molecule has 3 amide bonds. The van der Waals surface area contributed by atoms with Crippen molar-refractivity contribution < 1.29 is 19.1 Å². The van der Waals surface area contributed by atoms with Gasteiger partial charge in [-0.15, -0.1) is 23.2 Å². The quantitative estimate of drug-likeness (QED) is 0.159. The third-order valence-electron chi connectivity index (χ3n) is 9.94. The van der Waals surface area contributed by atoms with Gasteiger partial charge in [0.05, 0.1) is 11.8 Å². The highest BCUT2D eigenvalue weighted by molar-refractivity contribution is 6.36. The van der Waals surface area contributed by atoms with Crippen molar-refractivity contribution in [2.24, 2.45) is 17.8 Å². The summed E-state index contributed by atoms with van der Waals surface area (Å²) >= 11 is 15.2. The van der Waals surface area contributed by atoms with Crippen LogP contribution in [0.25, 0.3) is 0 Å². The summed E-state index contributed by atoms with van der Waals surface area (Å²) in [6.45, 7) is 9.91. The summed E-state index contributed by atoms with van der Waals surface area (Å²) in [5.74, 6) is -2.07. The van der Waals surface area contributed by atoms with Crippen molar-refractivity contribution >= 4 is 46.6 Å². The molecule has 1 N–H and O–H groups in total. The van der Waals surface area contributed by atoms with E-state index in [1.807, 2.05) is 75.4 Å². The Morgan fingerprint density at radius 1 is 0.766 bits per heavy atom. The van der Waals surface area contributed by atoms with Crippen molar-refractivity contribution in [3.05, 3.63) is 124 Å². The van der Waals surface area contributed by atoms with Crippen molar-refractivity contribution in [2.45, 2.75) is 56.3 Å². The number of ether oxygens (including phenoxy) is 1. The summed E-state index contributed by atoms with van der Waals surface area (Å²) in [6, 6.07) is 27.1. The molecule has 0 saturated carbocycles. The highest BCUT2D eigenvalue weighted by atomic mass is 35.5. The zero-order valence-electron chi connectivity index (χ0n) is 26.9. The van der Waals surface area contributed by atoms with Crippen LogP contribution in [0.5, 0.6) is 11.5 Å². The summed E-state index contributed by atoms with van der Waals surface area (Å²) in [5.41, 5.74) is 5.60. The molecule has 6 nitrogen and oxygen atoms in total. The SMILES string of the molecule is Cc1ccc(C(C)C)c(Oc2ccc(NC(=O)[C@H](C(C)C)N3C(=O)[C@@H]4[C@H](C3=O)C3(Cl)c5ccccc5C4(Cl)c4ccccc43)cc2)c1. The average molecular weight is 668 g/mol. The number of amides is 3. The van der Waals surface area contributed by atoms with Crippen molar-refractivity contribution in [3.8, 4) is 11.5 Å². The maximum absolute atomic E-state index is 14.5. The second kappa shape index (κ2) is 11.2. The fraction of sp³-hybridized carbons (Fsp3) is 0.308. The molecule has 0 unspecified atom stereocenters. The second-order valence-corrected chi connectivity index (χ2v) is 14.7. The topological polar surface area (TPSA) is 75.7 Å². The lowest BCUT2D eigenvalue weighted by Crippen LogP contribution is -2.57. The molecule has 1 heterocycles. The van der Waals surface area contributed by atoms with E-state index < -0.39 is 45.3 Å². The Kier molecular flexibility index (Phi) is 7.53. The average Bonchev–Trinajstić information content (AvgIpc) is 3.31. The molecule has 0 aromatic heterocycles. The summed E-state index contributed by atoms with van der Waals surface area (Å²) in [4.78, 5) is 41.5. The number of anilines is 1. The fourth-order valence-electron chi connectivity index (χ4n) is 7.84. The minimum Gasteiger partial charge on any atom is -0.457 e. The van der Waals surface area contributed by atoms with Gasteiger partial charge in [0.25, 0.3) is 0 Å². The lowest BCUT2D eigenvalue weighted by Gasteiger charge is -2.54. The van der Waals surface area contributed by atoms with Gasteiger partial charge in [-0.25, -0.2) is 0 Å². The maximum Gasteiger partial charge on any atom is 0.247 e. The molecule has 4 aliphatic rings. The molecule has 3 atom stereocenters. The minimum absolute atomic E-state index is 0.290. The first kappa shape index (κ1) is 31.5. The van der Waals surface area contributed by atoms with E-state index in [1.54, 1.807) is 24.3 Å². The van der Waals surface area contributed by atoms with Gasteiger partial charge in [0.2, 0.25) is 17.7 Å². The van der Waals surface area contributed by atoms with Gasteiger partial charge in [-0.2, -0.15) is 0 Å². The van der Waals surface area contributed by atoms with Crippen molar-refractivity contribution in [1.29, 1.82) is 0 Å².